The molecule has 0 aliphatic rings. The van der Waals surface area contributed by atoms with E-state index in [0.29, 0.717) is 5.02 Å². The van der Waals surface area contributed by atoms with Gasteiger partial charge in [0.05, 0.1) is 12.5 Å². The molecule has 0 amide bonds. The average molecular weight is 357 g/mol. The normalized spacial score (nSPS) is 12.6. The fourth-order valence-corrected chi connectivity index (χ4v) is 2.15. The van der Waals surface area contributed by atoms with Crippen molar-refractivity contribution in [3.05, 3.63) is 33.3 Å². The molecule has 1 aromatic rings. The standard InChI is InChI=1S/C12H15BrClNO2.ClH/c1-12(2,11(16)17-3)10(15)8-6-7(13)4-5-9(8)14;/h4-6,10H,15H2,1-3H3;1H/t10-;/m0./s1. The van der Waals surface area contributed by atoms with Gasteiger partial charge in [0, 0.05) is 15.5 Å². The number of hydrogen-bond donors (Lipinski definition) is 1. The molecule has 102 valence electrons. The second-order valence-corrected chi connectivity index (χ2v) is 5.68. The lowest BCUT2D eigenvalue weighted by molar-refractivity contribution is -0.152. The van der Waals surface area contributed by atoms with Crippen LogP contribution in [0.4, 0.5) is 0 Å². The van der Waals surface area contributed by atoms with Crippen LogP contribution < -0.4 is 5.73 Å². The first-order valence-electron chi connectivity index (χ1n) is 5.09. The Kier molecular flexibility index (Phi) is 6.65. The van der Waals surface area contributed by atoms with Gasteiger partial charge in [0.2, 0.25) is 0 Å². The van der Waals surface area contributed by atoms with E-state index in [9.17, 15) is 4.79 Å². The molecular formula is C12H16BrCl2NO2. The molecule has 2 N–H and O–H groups in total. The quantitative estimate of drug-likeness (QED) is 0.839. The van der Waals surface area contributed by atoms with Crippen molar-refractivity contribution in [2.24, 2.45) is 11.1 Å². The van der Waals surface area contributed by atoms with Crippen molar-refractivity contribution < 1.29 is 9.53 Å². The van der Waals surface area contributed by atoms with Gasteiger partial charge in [0.15, 0.2) is 0 Å². The summed E-state index contributed by atoms with van der Waals surface area (Å²) in [5.74, 6) is -0.360. The first-order chi connectivity index (χ1) is 7.80. The van der Waals surface area contributed by atoms with Crippen molar-refractivity contribution in [2.75, 3.05) is 7.11 Å². The maximum Gasteiger partial charge on any atom is 0.313 e. The average Bonchev–Trinajstić information content (AvgIpc) is 2.30. The zero-order valence-corrected chi connectivity index (χ0v) is 13.5. The van der Waals surface area contributed by atoms with Crippen LogP contribution in [0.1, 0.15) is 25.5 Å². The Labute approximate surface area is 127 Å². The highest BCUT2D eigenvalue weighted by atomic mass is 79.9. The summed E-state index contributed by atoms with van der Waals surface area (Å²) >= 11 is 9.45. The number of esters is 1. The zero-order chi connectivity index (χ0) is 13.2. The fourth-order valence-electron chi connectivity index (χ4n) is 1.53. The maximum absolute atomic E-state index is 11.7. The summed E-state index contributed by atoms with van der Waals surface area (Å²) in [6, 6.07) is 4.86. The zero-order valence-electron chi connectivity index (χ0n) is 10.4. The highest BCUT2D eigenvalue weighted by molar-refractivity contribution is 9.10. The first-order valence-corrected chi connectivity index (χ1v) is 6.26. The minimum absolute atomic E-state index is 0. The van der Waals surface area contributed by atoms with E-state index in [1.165, 1.54) is 7.11 Å². The van der Waals surface area contributed by atoms with Crippen LogP contribution in [0.3, 0.4) is 0 Å². The van der Waals surface area contributed by atoms with Crippen molar-refractivity contribution >= 4 is 45.9 Å². The van der Waals surface area contributed by atoms with Gasteiger partial charge in [0.25, 0.3) is 0 Å². The maximum atomic E-state index is 11.7. The minimum Gasteiger partial charge on any atom is -0.469 e. The number of hydrogen-bond acceptors (Lipinski definition) is 3. The van der Waals surface area contributed by atoms with E-state index in [4.69, 9.17) is 22.1 Å². The third-order valence-electron chi connectivity index (χ3n) is 2.78. The smallest absolute Gasteiger partial charge is 0.313 e. The largest absolute Gasteiger partial charge is 0.469 e. The van der Waals surface area contributed by atoms with Crippen molar-refractivity contribution in [3.8, 4) is 0 Å². The van der Waals surface area contributed by atoms with E-state index in [-0.39, 0.29) is 18.4 Å². The highest BCUT2D eigenvalue weighted by Crippen LogP contribution is 2.36. The van der Waals surface area contributed by atoms with Crippen LogP contribution >= 0.6 is 39.9 Å². The summed E-state index contributed by atoms with van der Waals surface area (Å²) in [5.41, 5.74) is 6.00. The van der Waals surface area contributed by atoms with Crippen LogP contribution in [0.2, 0.25) is 5.02 Å². The van der Waals surface area contributed by atoms with Gasteiger partial charge >= 0.3 is 5.97 Å². The molecule has 0 fully saturated rings. The summed E-state index contributed by atoms with van der Waals surface area (Å²) in [7, 11) is 1.35. The van der Waals surface area contributed by atoms with Crippen molar-refractivity contribution in [2.45, 2.75) is 19.9 Å². The molecule has 0 aliphatic heterocycles. The van der Waals surface area contributed by atoms with E-state index in [1.54, 1.807) is 19.9 Å². The first kappa shape index (κ1) is 17.7. The monoisotopic (exact) mass is 355 g/mol. The van der Waals surface area contributed by atoms with Crippen molar-refractivity contribution in [1.29, 1.82) is 0 Å². The van der Waals surface area contributed by atoms with E-state index >= 15 is 0 Å². The van der Waals surface area contributed by atoms with E-state index in [2.05, 4.69) is 15.9 Å². The van der Waals surface area contributed by atoms with Crippen molar-refractivity contribution in [1.82, 2.24) is 0 Å². The molecule has 18 heavy (non-hydrogen) atoms. The van der Waals surface area contributed by atoms with Crippen LogP contribution in [0.15, 0.2) is 22.7 Å². The molecule has 0 saturated heterocycles. The van der Waals surface area contributed by atoms with Gasteiger partial charge in [-0.25, -0.2) is 0 Å². The molecule has 0 saturated carbocycles. The van der Waals surface area contributed by atoms with Gasteiger partial charge in [-0.15, -0.1) is 12.4 Å². The van der Waals surface area contributed by atoms with Gasteiger partial charge in [-0.2, -0.15) is 0 Å². The predicted octanol–water partition coefficient (Wildman–Crippen LogP) is 3.72. The number of benzene rings is 1. The summed E-state index contributed by atoms with van der Waals surface area (Å²) < 4.78 is 5.62. The highest BCUT2D eigenvalue weighted by Gasteiger charge is 2.37. The lowest BCUT2D eigenvalue weighted by atomic mass is 9.81. The van der Waals surface area contributed by atoms with Gasteiger partial charge < -0.3 is 10.5 Å². The molecule has 0 heterocycles. The molecule has 0 radical (unpaired) electrons. The van der Waals surface area contributed by atoms with Gasteiger partial charge in [-0.05, 0) is 37.6 Å². The topological polar surface area (TPSA) is 52.3 Å². The number of halogens is 3. The SMILES string of the molecule is COC(=O)C(C)(C)[C@@H](N)c1cc(Br)ccc1Cl.Cl. The molecule has 0 spiro atoms. The second kappa shape index (κ2) is 6.75. The summed E-state index contributed by atoms with van der Waals surface area (Å²) in [4.78, 5) is 11.7. The van der Waals surface area contributed by atoms with E-state index in [1.807, 2.05) is 12.1 Å². The molecular weight excluding hydrogens is 341 g/mol. The number of rotatable bonds is 3. The molecule has 0 bridgehead atoms. The Bertz CT molecular complexity index is 438. The molecule has 0 aliphatic carbocycles. The summed E-state index contributed by atoms with van der Waals surface area (Å²) in [5, 5.41) is 0.540. The number of carbonyl (C=O) groups excluding carboxylic acids is 1. The summed E-state index contributed by atoms with van der Waals surface area (Å²) in [6.07, 6.45) is 0. The van der Waals surface area contributed by atoms with Gasteiger partial charge in [0.1, 0.15) is 0 Å². The molecule has 1 atom stereocenters. The van der Waals surface area contributed by atoms with Crippen molar-refractivity contribution in [3.63, 3.8) is 0 Å². The Morgan fingerprint density at radius 3 is 2.56 bits per heavy atom. The number of methoxy groups -OCH3 is 1. The number of carbonyl (C=O) groups is 1. The lowest BCUT2D eigenvalue weighted by Crippen LogP contribution is -2.37. The molecule has 6 heteroatoms. The van der Waals surface area contributed by atoms with Gasteiger partial charge in [-0.3, -0.25) is 4.79 Å². The minimum atomic E-state index is -0.834. The Morgan fingerprint density at radius 2 is 2.06 bits per heavy atom. The lowest BCUT2D eigenvalue weighted by Gasteiger charge is -2.29. The van der Waals surface area contributed by atoms with E-state index in [0.717, 1.165) is 10.0 Å². The van der Waals surface area contributed by atoms with Crippen LogP contribution in [0.5, 0.6) is 0 Å². The van der Waals surface area contributed by atoms with Crippen LogP contribution in [-0.2, 0) is 9.53 Å². The molecule has 0 unspecified atom stereocenters. The van der Waals surface area contributed by atoms with Crippen LogP contribution in [-0.4, -0.2) is 13.1 Å². The fraction of sp³-hybridized carbons (Fsp3) is 0.417. The molecule has 3 nitrogen and oxygen atoms in total. The third kappa shape index (κ3) is 3.60. The molecule has 1 aromatic carbocycles. The third-order valence-corrected chi connectivity index (χ3v) is 3.62. The summed E-state index contributed by atoms with van der Waals surface area (Å²) in [6.45, 7) is 3.47. The van der Waals surface area contributed by atoms with Crippen LogP contribution in [0.25, 0.3) is 0 Å². The Hall–Kier alpha value is -0.290. The second-order valence-electron chi connectivity index (χ2n) is 4.36. The Balaban J connectivity index is 0.00000289. The predicted molar refractivity (Wildman–Crippen MR) is 79.1 cm³/mol. The number of ether oxygens (including phenoxy) is 1. The Morgan fingerprint density at radius 1 is 1.50 bits per heavy atom. The molecule has 1 rings (SSSR count). The van der Waals surface area contributed by atoms with Gasteiger partial charge in [-0.1, -0.05) is 27.5 Å². The molecule has 0 aromatic heterocycles. The number of nitrogens with two attached hydrogens (primary N) is 1. The van der Waals surface area contributed by atoms with Crippen LogP contribution in [0, 0.1) is 5.41 Å². The van der Waals surface area contributed by atoms with E-state index < -0.39 is 11.5 Å².